The van der Waals surface area contributed by atoms with E-state index in [0.717, 1.165) is 12.1 Å². The van der Waals surface area contributed by atoms with E-state index in [1.54, 1.807) is 6.92 Å². The number of nitrogens with two attached hydrogens (primary N) is 1. The minimum atomic E-state index is -4.60. The Hall–Kier alpha value is -1.90. The number of aromatic nitrogens is 1. The Morgan fingerprint density at radius 2 is 2.10 bits per heavy atom. The van der Waals surface area contributed by atoms with E-state index in [1.807, 2.05) is 0 Å². The Balaban J connectivity index is 3.12. The molecule has 0 aromatic carbocycles. The molecule has 1 rings (SSSR count). The summed E-state index contributed by atoms with van der Waals surface area (Å²) in [5, 5.41) is 5.14. The average Bonchev–Trinajstić information content (AvgIpc) is 2.37. The molecule has 0 bridgehead atoms. The van der Waals surface area contributed by atoms with E-state index in [2.05, 4.69) is 15.6 Å². The number of halogens is 3. The van der Waals surface area contributed by atoms with Gasteiger partial charge in [0.05, 0.1) is 5.56 Å². The van der Waals surface area contributed by atoms with E-state index in [1.165, 1.54) is 6.92 Å². The Bertz CT molecular complexity index is 548. The minimum absolute atomic E-state index is 0.109. The molecule has 1 aromatic rings. The van der Waals surface area contributed by atoms with Gasteiger partial charge in [0.1, 0.15) is 22.5 Å². The summed E-state index contributed by atoms with van der Waals surface area (Å²) in [5.74, 6) is -0.540. The van der Waals surface area contributed by atoms with Gasteiger partial charge < -0.3 is 16.4 Å². The summed E-state index contributed by atoms with van der Waals surface area (Å²) in [4.78, 5) is 15.0. The first kappa shape index (κ1) is 17.2. The number of rotatable bonds is 5. The predicted octanol–water partition coefficient (Wildman–Crippen LogP) is 1.67. The maximum absolute atomic E-state index is 12.7. The quantitative estimate of drug-likeness (QED) is 0.719. The van der Waals surface area contributed by atoms with Crippen molar-refractivity contribution < 1.29 is 18.0 Å². The molecule has 0 spiro atoms. The Labute approximate surface area is 125 Å². The first-order valence-electron chi connectivity index (χ1n) is 6.09. The highest BCUT2D eigenvalue weighted by molar-refractivity contribution is 7.80. The van der Waals surface area contributed by atoms with Crippen LogP contribution in [0, 0.1) is 0 Å². The van der Waals surface area contributed by atoms with Gasteiger partial charge in [-0.25, -0.2) is 4.98 Å². The molecule has 4 N–H and O–H groups in total. The normalized spacial score (nSPS) is 12.6. The molecule has 0 saturated carbocycles. The molecule has 0 saturated heterocycles. The molecule has 1 heterocycles. The van der Waals surface area contributed by atoms with Crippen LogP contribution in [0.3, 0.4) is 0 Å². The molecule has 9 heteroatoms. The van der Waals surface area contributed by atoms with E-state index in [0.29, 0.717) is 6.54 Å². The second-order valence-electron chi connectivity index (χ2n) is 4.22. The highest BCUT2D eigenvalue weighted by Crippen LogP contribution is 2.29. The van der Waals surface area contributed by atoms with Gasteiger partial charge in [-0.15, -0.1) is 0 Å². The van der Waals surface area contributed by atoms with E-state index in [-0.39, 0.29) is 22.3 Å². The van der Waals surface area contributed by atoms with Crippen LogP contribution in [0.2, 0.25) is 0 Å². The third-order valence-electron chi connectivity index (χ3n) is 2.55. The second kappa shape index (κ2) is 6.70. The van der Waals surface area contributed by atoms with Crippen LogP contribution in [0.5, 0.6) is 0 Å². The highest BCUT2D eigenvalue weighted by Gasteiger charge is 2.33. The number of amides is 1. The Morgan fingerprint density at radius 3 is 2.57 bits per heavy atom. The van der Waals surface area contributed by atoms with Crippen LogP contribution in [0.1, 0.15) is 25.1 Å². The van der Waals surface area contributed by atoms with Gasteiger partial charge in [0, 0.05) is 6.54 Å². The maximum atomic E-state index is 12.7. The van der Waals surface area contributed by atoms with Gasteiger partial charge in [-0.05, 0) is 26.0 Å². The fourth-order valence-electron chi connectivity index (χ4n) is 1.52. The van der Waals surface area contributed by atoms with Gasteiger partial charge in [0.25, 0.3) is 0 Å². The number of hydrogen-bond acceptors (Lipinski definition) is 4. The van der Waals surface area contributed by atoms with Crippen LogP contribution in [-0.4, -0.2) is 28.5 Å². The van der Waals surface area contributed by atoms with Crippen LogP contribution in [0.15, 0.2) is 12.1 Å². The van der Waals surface area contributed by atoms with Crippen molar-refractivity contribution in [3.63, 3.8) is 0 Å². The van der Waals surface area contributed by atoms with Crippen molar-refractivity contribution in [1.29, 1.82) is 0 Å². The average molecular weight is 320 g/mol. The van der Waals surface area contributed by atoms with Crippen LogP contribution in [-0.2, 0) is 11.0 Å². The standard InChI is InChI=1S/C12H15F3N4OS/c1-3-17-11(20)6(2)18-10-7(9(16)21)4-5-8(19-10)12(13,14)15/h4-6H,3H2,1-2H3,(H2,16,21)(H,17,20)(H,18,19). The number of anilines is 1. The van der Waals surface area contributed by atoms with Gasteiger partial charge in [0.15, 0.2) is 0 Å². The number of nitrogens with one attached hydrogen (secondary N) is 2. The fourth-order valence-corrected chi connectivity index (χ4v) is 1.69. The number of carbonyl (C=O) groups is 1. The summed E-state index contributed by atoms with van der Waals surface area (Å²) in [6.07, 6.45) is -4.60. The number of carbonyl (C=O) groups excluding carboxylic acids is 1. The molecule has 1 amide bonds. The first-order valence-corrected chi connectivity index (χ1v) is 6.50. The van der Waals surface area contributed by atoms with Gasteiger partial charge in [0.2, 0.25) is 5.91 Å². The molecular formula is C12H15F3N4OS. The van der Waals surface area contributed by atoms with E-state index in [9.17, 15) is 18.0 Å². The number of thiocarbonyl (C=S) groups is 1. The third-order valence-corrected chi connectivity index (χ3v) is 2.77. The summed E-state index contributed by atoms with van der Waals surface area (Å²) in [7, 11) is 0. The van der Waals surface area contributed by atoms with Crippen LogP contribution in [0.4, 0.5) is 19.0 Å². The zero-order valence-electron chi connectivity index (χ0n) is 11.4. The lowest BCUT2D eigenvalue weighted by Crippen LogP contribution is -2.38. The van der Waals surface area contributed by atoms with Crippen molar-refractivity contribution in [2.75, 3.05) is 11.9 Å². The number of pyridine rings is 1. The van der Waals surface area contributed by atoms with Crippen LogP contribution >= 0.6 is 12.2 Å². The molecule has 0 aliphatic heterocycles. The molecule has 21 heavy (non-hydrogen) atoms. The zero-order valence-corrected chi connectivity index (χ0v) is 12.2. The van der Waals surface area contributed by atoms with Crippen molar-refractivity contribution >= 4 is 28.9 Å². The Morgan fingerprint density at radius 1 is 1.48 bits per heavy atom. The lowest BCUT2D eigenvalue weighted by atomic mass is 10.2. The molecule has 1 unspecified atom stereocenters. The zero-order chi connectivity index (χ0) is 16.2. The van der Waals surface area contributed by atoms with Gasteiger partial charge in [-0.3, -0.25) is 4.79 Å². The van der Waals surface area contributed by atoms with E-state index >= 15 is 0 Å². The Kier molecular flexibility index (Phi) is 5.47. The van der Waals surface area contributed by atoms with Gasteiger partial charge in [-0.1, -0.05) is 12.2 Å². The maximum Gasteiger partial charge on any atom is 0.433 e. The molecule has 0 radical (unpaired) electrons. The molecular weight excluding hydrogens is 305 g/mol. The van der Waals surface area contributed by atoms with Crippen molar-refractivity contribution in [3.8, 4) is 0 Å². The number of nitrogens with zero attached hydrogens (tertiary/aromatic N) is 1. The van der Waals surface area contributed by atoms with Crippen molar-refractivity contribution in [2.24, 2.45) is 5.73 Å². The summed E-state index contributed by atoms with van der Waals surface area (Å²) in [5.41, 5.74) is 4.51. The second-order valence-corrected chi connectivity index (χ2v) is 4.66. The van der Waals surface area contributed by atoms with Crippen LogP contribution in [0.25, 0.3) is 0 Å². The molecule has 1 atom stereocenters. The predicted molar refractivity (Wildman–Crippen MR) is 76.9 cm³/mol. The minimum Gasteiger partial charge on any atom is -0.389 e. The monoisotopic (exact) mass is 320 g/mol. The SMILES string of the molecule is CCNC(=O)C(C)Nc1nc(C(F)(F)F)ccc1C(N)=S. The molecule has 0 aliphatic carbocycles. The third kappa shape index (κ3) is 4.55. The summed E-state index contributed by atoms with van der Waals surface area (Å²) in [6, 6.07) is 1.13. The van der Waals surface area contributed by atoms with Gasteiger partial charge >= 0.3 is 6.18 Å². The molecule has 0 aliphatic rings. The fraction of sp³-hybridized carbons (Fsp3) is 0.417. The lowest BCUT2D eigenvalue weighted by molar-refractivity contribution is -0.141. The number of hydrogen-bond donors (Lipinski definition) is 3. The highest BCUT2D eigenvalue weighted by atomic mass is 32.1. The molecule has 116 valence electrons. The molecule has 0 fully saturated rings. The number of alkyl halides is 3. The van der Waals surface area contributed by atoms with E-state index in [4.69, 9.17) is 18.0 Å². The summed E-state index contributed by atoms with van der Waals surface area (Å²) >= 11 is 4.77. The number of likely N-dealkylation sites (N-methyl/N-ethyl adjacent to an activating group) is 1. The van der Waals surface area contributed by atoms with Crippen molar-refractivity contribution in [1.82, 2.24) is 10.3 Å². The van der Waals surface area contributed by atoms with Crippen LogP contribution < -0.4 is 16.4 Å². The largest absolute Gasteiger partial charge is 0.433 e. The smallest absolute Gasteiger partial charge is 0.389 e. The first-order chi connectivity index (χ1) is 9.66. The summed E-state index contributed by atoms with van der Waals surface area (Å²) in [6.45, 7) is 3.63. The lowest BCUT2D eigenvalue weighted by Gasteiger charge is -2.17. The van der Waals surface area contributed by atoms with Crippen molar-refractivity contribution in [3.05, 3.63) is 23.4 Å². The molecule has 5 nitrogen and oxygen atoms in total. The summed E-state index contributed by atoms with van der Waals surface area (Å²) < 4.78 is 38.1. The molecule has 1 aromatic heterocycles. The topological polar surface area (TPSA) is 80.0 Å². The van der Waals surface area contributed by atoms with E-state index < -0.39 is 17.9 Å². The van der Waals surface area contributed by atoms with Gasteiger partial charge in [-0.2, -0.15) is 13.2 Å². The van der Waals surface area contributed by atoms with Crippen molar-refractivity contribution in [2.45, 2.75) is 26.1 Å².